The SMILES string of the molecule is CC1(C)C[C@@]1(C(=O)N1CCN(c2ccccc2)C(=O)C1)c1ccccc1F. The zero-order chi connectivity index (χ0) is 19.2. The Kier molecular flexibility index (Phi) is 4.06. The number of hydrogen-bond acceptors (Lipinski definition) is 2. The molecule has 0 aromatic heterocycles. The Bertz CT molecular complexity index is 896. The van der Waals surface area contributed by atoms with Crippen LogP contribution < -0.4 is 4.90 Å². The van der Waals surface area contributed by atoms with Gasteiger partial charge in [-0.3, -0.25) is 9.59 Å². The molecule has 0 N–H and O–H groups in total. The van der Waals surface area contributed by atoms with Crippen molar-refractivity contribution < 1.29 is 14.0 Å². The van der Waals surface area contributed by atoms with Crippen LogP contribution in [0.2, 0.25) is 0 Å². The second-order valence-electron chi connectivity index (χ2n) is 8.05. The Balaban J connectivity index is 1.58. The van der Waals surface area contributed by atoms with Gasteiger partial charge >= 0.3 is 0 Å². The average molecular weight is 366 g/mol. The molecule has 2 amide bonds. The number of benzene rings is 2. The summed E-state index contributed by atoms with van der Waals surface area (Å²) in [4.78, 5) is 29.4. The van der Waals surface area contributed by atoms with Crippen molar-refractivity contribution in [3.63, 3.8) is 0 Å². The van der Waals surface area contributed by atoms with Crippen LogP contribution in [0.25, 0.3) is 0 Å². The molecule has 1 heterocycles. The zero-order valence-electron chi connectivity index (χ0n) is 15.6. The van der Waals surface area contributed by atoms with Crippen molar-refractivity contribution in [2.75, 3.05) is 24.5 Å². The van der Waals surface area contributed by atoms with E-state index in [1.165, 1.54) is 6.07 Å². The summed E-state index contributed by atoms with van der Waals surface area (Å²) in [5.74, 6) is -0.604. The third-order valence-corrected chi connectivity index (χ3v) is 6.01. The lowest BCUT2D eigenvalue weighted by Crippen LogP contribution is -2.55. The van der Waals surface area contributed by atoms with E-state index in [1.807, 2.05) is 44.2 Å². The number of halogens is 1. The van der Waals surface area contributed by atoms with Crippen LogP contribution >= 0.6 is 0 Å². The number of carbonyl (C=O) groups is 2. The predicted octanol–water partition coefficient (Wildman–Crippen LogP) is 3.37. The standard InChI is InChI=1S/C22H23FN2O2/c1-21(2)15-22(21,17-10-6-7-11-18(17)23)20(27)24-12-13-25(19(26)14-24)16-8-4-3-5-9-16/h3-11H,12-15H2,1-2H3/t22-/m0/s1. The van der Waals surface area contributed by atoms with Gasteiger partial charge in [-0.05, 0) is 30.0 Å². The first kappa shape index (κ1) is 17.7. The van der Waals surface area contributed by atoms with Crippen LogP contribution in [0.15, 0.2) is 54.6 Å². The van der Waals surface area contributed by atoms with Gasteiger partial charge in [0.05, 0.1) is 5.41 Å². The third-order valence-electron chi connectivity index (χ3n) is 6.01. The lowest BCUT2D eigenvalue weighted by molar-refractivity contribution is -0.139. The fraction of sp³-hybridized carbons (Fsp3) is 0.364. The van der Waals surface area contributed by atoms with Crippen molar-refractivity contribution in [2.45, 2.75) is 25.7 Å². The van der Waals surface area contributed by atoms with Crippen molar-refractivity contribution in [3.8, 4) is 0 Å². The maximum atomic E-state index is 14.5. The van der Waals surface area contributed by atoms with Gasteiger partial charge in [-0.1, -0.05) is 50.2 Å². The summed E-state index contributed by atoms with van der Waals surface area (Å²) >= 11 is 0. The minimum absolute atomic E-state index is 0.0278. The molecular weight excluding hydrogens is 343 g/mol. The fourth-order valence-electron chi connectivity index (χ4n) is 4.36. The molecule has 0 unspecified atom stereocenters. The molecule has 1 saturated carbocycles. The Labute approximate surface area is 158 Å². The topological polar surface area (TPSA) is 40.6 Å². The Morgan fingerprint density at radius 3 is 2.22 bits per heavy atom. The highest BCUT2D eigenvalue weighted by molar-refractivity contribution is 6.01. The van der Waals surface area contributed by atoms with E-state index < -0.39 is 5.41 Å². The number of para-hydroxylation sites is 1. The van der Waals surface area contributed by atoms with Gasteiger partial charge in [0.2, 0.25) is 11.8 Å². The van der Waals surface area contributed by atoms with Crippen molar-refractivity contribution >= 4 is 17.5 Å². The second kappa shape index (κ2) is 6.19. The maximum Gasteiger partial charge on any atom is 0.246 e. The van der Waals surface area contributed by atoms with Crippen molar-refractivity contribution in [1.82, 2.24) is 4.90 Å². The van der Waals surface area contributed by atoms with Gasteiger partial charge in [0.1, 0.15) is 12.4 Å². The zero-order valence-corrected chi connectivity index (χ0v) is 15.6. The molecule has 5 heteroatoms. The highest BCUT2D eigenvalue weighted by atomic mass is 19.1. The second-order valence-corrected chi connectivity index (χ2v) is 8.05. The summed E-state index contributed by atoms with van der Waals surface area (Å²) in [6, 6.07) is 16.0. The number of hydrogen-bond donors (Lipinski definition) is 0. The van der Waals surface area contributed by atoms with E-state index in [2.05, 4.69) is 0 Å². The van der Waals surface area contributed by atoms with E-state index in [-0.39, 0.29) is 29.6 Å². The molecule has 0 radical (unpaired) electrons. The number of rotatable bonds is 3. The monoisotopic (exact) mass is 366 g/mol. The molecule has 0 spiro atoms. The summed E-state index contributed by atoms with van der Waals surface area (Å²) in [5, 5.41) is 0. The number of amides is 2. The smallest absolute Gasteiger partial charge is 0.246 e. The first-order chi connectivity index (χ1) is 12.9. The largest absolute Gasteiger partial charge is 0.331 e. The van der Waals surface area contributed by atoms with E-state index in [9.17, 15) is 14.0 Å². The van der Waals surface area contributed by atoms with E-state index in [0.717, 1.165) is 5.69 Å². The quantitative estimate of drug-likeness (QED) is 0.836. The Hall–Kier alpha value is -2.69. The first-order valence-electron chi connectivity index (χ1n) is 9.27. The molecule has 1 aliphatic heterocycles. The molecule has 1 atom stereocenters. The molecule has 4 rings (SSSR count). The van der Waals surface area contributed by atoms with Gasteiger partial charge in [-0.25, -0.2) is 4.39 Å². The summed E-state index contributed by atoms with van der Waals surface area (Å²) in [7, 11) is 0. The van der Waals surface area contributed by atoms with E-state index in [4.69, 9.17) is 0 Å². The van der Waals surface area contributed by atoms with Crippen LogP contribution in [-0.4, -0.2) is 36.3 Å². The predicted molar refractivity (Wildman–Crippen MR) is 102 cm³/mol. The molecule has 2 aliphatic rings. The molecule has 4 nitrogen and oxygen atoms in total. The molecule has 0 bridgehead atoms. The maximum absolute atomic E-state index is 14.5. The Morgan fingerprint density at radius 1 is 1.00 bits per heavy atom. The van der Waals surface area contributed by atoms with Crippen molar-refractivity contribution in [1.29, 1.82) is 0 Å². The van der Waals surface area contributed by atoms with Crippen LogP contribution in [0.4, 0.5) is 10.1 Å². The lowest BCUT2D eigenvalue weighted by Gasteiger charge is -2.37. The van der Waals surface area contributed by atoms with E-state index in [1.54, 1.807) is 28.0 Å². The average Bonchev–Trinajstić information content (AvgIpc) is 3.25. The van der Waals surface area contributed by atoms with Crippen molar-refractivity contribution in [3.05, 3.63) is 66.0 Å². The molecule has 1 saturated heterocycles. The highest BCUT2D eigenvalue weighted by Crippen LogP contribution is 2.65. The molecule has 2 fully saturated rings. The number of nitrogens with zero attached hydrogens (tertiary/aromatic N) is 2. The van der Waals surface area contributed by atoms with Crippen LogP contribution in [-0.2, 0) is 15.0 Å². The minimum atomic E-state index is -0.881. The molecule has 27 heavy (non-hydrogen) atoms. The van der Waals surface area contributed by atoms with Gasteiger partial charge in [0, 0.05) is 24.3 Å². The van der Waals surface area contributed by atoms with E-state index in [0.29, 0.717) is 25.1 Å². The van der Waals surface area contributed by atoms with Gasteiger partial charge in [-0.15, -0.1) is 0 Å². The van der Waals surface area contributed by atoms with E-state index >= 15 is 0 Å². The number of carbonyl (C=O) groups excluding carboxylic acids is 2. The number of anilines is 1. The van der Waals surface area contributed by atoms with Gasteiger partial charge in [0.25, 0.3) is 0 Å². The third kappa shape index (κ3) is 2.73. The van der Waals surface area contributed by atoms with Gasteiger partial charge in [0.15, 0.2) is 0 Å². The summed E-state index contributed by atoms with van der Waals surface area (Å²) in [6.07, 6.45) is 0.590. The normalized spacial score (nSPS) is 24.0. The molecule has 1 aliphatic carbocycles. The first-order valence-corrected chi connectivity index (χ1v) is 9.27. The van der Waals surface area contributed by atoms with Crippen LogP contribution in [0.5, 0.6) is 0 Å². The van der Waals surface area contributed by atoms with Crippen molar-refractivity contribution in [2.24, 2.45) is 5.41 Å². The van der Waals surface area contributed by atoms with Crippen LogP contribution in [0.3, 0.4) is 0 Å². The highest BCUT2D eigenvalue weighted by Gasteiger charge is 2.69. The number of piperazine rings is 1. The molecular formula is C22H23FN2O2. The molecule has 140 valence electrons. The molecule has 2 aromatic carbocycles. The van der Waals surface area contributed by atoms with Gasteiger partial charge in [-0.2, -0.15) is 0 Å². The minimum Gasteiger partial charge on any atom is -0.331 e. The lowest BCUT2D eigenvalue weighted by atomic mass is 9.86. The Morgan fingerprint density at radius 2 is 1.63 bits per heavy atom. The molecule has 2 aromatic rings. The summed E-state index contributed by atoms with van der Waals surface area (Å²) < 4.78 is 14.5. The van der Waals surface area contributed by atoms with Crippen LogP contribution in [0, 0.1) is 11.2 Å². The summed E-state index contributed by atoms with van der Waals surface area (Å²) in [6.45, 7) is 4.90. The fourth-order valence-corrected chi connectivity index (χ4v) is 4.36. The van der Waals surface area contributed by atoms with Gasteiger partial charge < -0.3 is 9.80 Å². The van der Waals surface area contributed by atoms with Crippen LogP contribution in [0.1, 0.15) is 25.8 Å². The summed E-state index contributed by atoms with van der Waals surface area (Å²) in [5.41, 5.74) is 0.0718.